The number of phenols is 2. The number of amides is 14. The third-order valence-electron chi connectivity index (χ3n) is 20.4. The number of imidazole rings is 1. The fraction of sp³-hybridized carbons (Fsp3) is 0.494. The first-order chi connectivity index (χ1) is 59.3. The molecular formula is C85H116N18O20S2. The normalized spacial score (nSPS) is 23.1. The number of carboxylic acids is 1. The SMILES string of the molecule is CCCCC(NC(C)=O)C(=O)N[C@H]1CSCc2cccc(c2)CSC[C@@H](C(N)=O)NC(=O)[C@H]([C@@H](C)O)NC(=O)[C@H](CCC)NC(=O)[C@H](Cc2ccc(O)cc2)NC(=O)[C@H](CCC(=O)O)NC(=O)[C@H](CCC)NC(=O)[C@H](Cc2c[nH]c3ncccc23)NC(=O)[C@H]([C@@H](C)O)NC(=O)[C@H](Cc2cnc[nH]2)NC(=O)[C@H](Cc2ccc(O)cc2)NC(=O)[C@H](C(C)(C)C)NC1=O. The van der Waals surface area contributed by atoms with Crippen molar-refractivity contribution in [1.29, 1.82) is 0 Å². The molecule has 1 unspecified atom stereocenters. The van der Waals surface area contributed by atoms with Gasteiger partial charge in [0, 0.05) is 91.7 Å². The van der Waals surface area contributed by atoms with Crippen molar-refractivity contribution in [2.24, 2.45) is 11.1 Å². The number of pyridine rings is 1. The van der Waals surface area contributed by atoms with Gasteiger partial charge < -0.3 is 110 Å². The number of aliphatic hydroxyl groups excluding tert-OH is 2. The molecule has 3 aromatic carbocycles. The fourth-order valence-corrected chi connectivity index (χ4v) is 15.6. The van der Waals surface area contributed by atoms with E-state index in [2.05, 4.69) is 89.1 Å². The number of rotatable bonds is 24. The predicted molar refractivity (Wildman–Crippen MR) is 463 cm³/mol. The quantitative estimate of drug-likeness (QED) is 0.0390. The lowest BCUT2D eigenvalue weighted by Crippen LogP contribution is -2.63. The maximum atomic E-state index is 15.2. The lowest BCUT2D eigenvalue weighted by atomic mass is 9.85. The molecule has 4 heterocycles. The number of H-pyrrole nitrogens is 2. The van der Waals surface area contributed by atoms with Gasteiger partial charge in [0.15, 0.2) is 0 Å². The molecular weight excluding hydrogens is 1660 g/mol. The molecule has 6 aromatic rings. The van der Waals surface area contributed by atoms with Crippen molar-refractivity contribution in [2.75, 3.05) is 11.5 Å². The van der Waals surface area contributed by atoms with Gasteiger partial charge in [-0.1, -0.05) is 116 Å². The van der Waals surface area contributed by atoms with Gasteiger partial charge in [-0.3, -0.25) is 71.9 Å². The van der Waals surface area contributed by atoms with Crippen LogP contribution in [0.2, 0.25) is 0 Å². The van der Waals surface area contributed by atoms with Crippen molar-refractivity contribution in [3.05, 3.63) is 143 Å². The molecule has 0 spiro atoms. The number of aliphatic carboxylic acids is 1. The smallest absolute Gasteiger partial charge is 0.303 e. The number of carboxylic acid groups (broad SMARTS) is 1. The largest absolute Gasteiger partial charge is 0.508 e. The number of nitrogens with zero attached hydrogens (tertiary/aromatic N) is 2. The Kier molecular flexibility index (Phi) is 39.0. The molecule has 0 aliphatic carbocycles. The molecule has 3 aromatic heterocycles. The van der Waals surface area contributed by atoms with Gasteiger partial charge >= 0.3 is 5.97 Å². The van der Waals surface area contributed by atoms with Crippen LogP contribution in [0, 0.1) is 5.41 Å². The average Bonchev–Trinajstić information content (AvgIpc) is 1.79. The van der Waals surface area contributed by atoms with Gasteiger partial charge in [0.2, 0.25) is 82.7 Å². The first kappa shape index (κ1) is 99.9. The third kappa shape index (κ3) is 31.8. The molecule has 22 N–H and O–H groups in total. The maximum Gasteiger partial charge on any atom is 0.303 e. The molecule has 0 radical (unpaired) electrons. The van der Waals surface area contributed by atoms with Crippen molar-refractivity contribution in [3.63, 3.8) is 0 Å². The molecule has 125 heavy (non-hydrogen) atoms. The van der Waals surface area contributed by atoms with Gasteiger partial charge in [-0.05, 0) is 109 Å². The van der Waals surface area contributed by atoms with E-state index in [4.69, 9.17) is 5.73 Å². The number of nitrogens with two attached hydrogens (primary N) is 1. The summed E-state index contributed by atoms with van der Waals surface area (Å²) in [7, 11) is 0. The van der Waals surface area contributed by atoms with Crippen molar-refractivity contribution < 1.29 is 97.5 Å². The Bertz CT molecular complexity index is 4700. The van der Waals surface area contributed by atoms with Gasteiger partial charge in [-0.2, -0.15) is 23.5 Å². The molecule has 678 valence electrons. The molecule has 14 amide bonds. The molecule has 2 bridgehead atoms. The number of primary amides is 1. The number of aromatic amines is 2. The highest BCUT2D eigenvalue weighted by molar-refractivity contribution is 7.98. The van der Waals surface area contributed by atoms with Gasteiger partial charge in [0.25, 0.3) is 0 Å². The monoisotopic (exact) mass is 1770 g/mol. The minimum Gasteiger partial charge on any atom is -0.508 e. The summed E-state index contributed by atoms with van der Waals surface area (Å²) < 4.78 is 0. The van der Waals surface area contributed by atoms with E-state index < -0.39 is 198 Å². The molecule has 40 heteroatoms. The van der Waals surface area contributed by atoms with Crippen LogP contribution in [0.4, 0.5) is 0 Å². The highest BCUT2D eigenvalue weighted by Gasteiger charge is 2.42. The fourth-order valence-electron chi connectivity index (χ4n) is 13.6. The number of nitrogens with one attached hydrogen (secondary N) is 15. The highest BCUT2D eigenvalue weighted by Crippen LogP contribution is 2.25. The summed E-state index contributed by atoms with van der Waals surface area (Å²) in [5.41, 5.74) is 7.84. The van der Waals surface area contributed by atoms with Crippen LogP contribution in [0.3, 0.4) is 0 Å². The number of fused-ring (bicyclic) bond motifs is 3. The van der Waals surface area contributed by atoms with Crippen LogP contribution < -0.4 is 74.9 Å². The zero-order chi connectivity index (χ0) is 91.8. The van der Waals surface area contributed by atoms with E-state index in [1.165, 1.54) is 111 Å². The number of aromatic hydroxyl groups is 2. The topological polar surface area (TPSA) is 597 Å². The number of carbonyl (C=O) groups is 15. The van der Waals surface area contributed by atoms with Crippen molar-refractivity contribution in [1.82, 2.24) is 89.1 Å². The van der Waals surface area contributed by atoms with Gasteiger partial charge in [0.05, 0.1) is 18.5 Å². The molecule has 1 aliphatic rings. The zero-order valence-electron chi connectivity index (χ0n) is 71.2. The summed E-state index contributed by atoms with van der Waals surface area (Å²) in [6.45, 7) is 13.7. The van der Waals surface area contributed by atoms with E-state index in [-0.39, 0.29) is 98.0 Å². The van der Waals surface area contributed by atoms with Crippen LogP contribution in [-0.2, 0) is 109 Å². The Labute approximate surface area is 731 Å². The summed E-state index contributed by atoms with van der Waals surface area (Å²) in [5.74, 6) is -15.1. The minimum absolute atomic E-state index is 0.106. The number of aliphatic hydroxyl groups is 2. The van der Waals surface area contributed by atoms with Crippen LogP contribution in [0.25, 0.3) is 11.0 Å². The summed E-state index contributed by atoms with van der Waals surface area (Å²) >= 11 is 2.40. The van der Waals surface area contributed by atoms with Gasteiger partial charge in [0.1, 0.15) is 95.7 Å². The first-order valence-electron chi connectivity index (χ1n) is 41.3. The second-order valence-electron chi connectivity index (χ2n) is 31.9. The first-order valence-corrected chi connectivity index (χ1v) is 43.6. The number of unbranched alkanes of at least 4 members (excludes halogenated alkanes) is 1. The number of aromatic nitrogens is 4. The summed E-state index contributed by atoms with van der Waals surface area (Å²) in [4.78, 5) is 230. The van der Waals surface area contributed by atoms with E-state index in [1.807, 2.05) is 13.0 Å². The lowest BCUT2D eigenvalue weighted by Gasteiger charge is -2.33. The summed E-state index contributed by atoms with van der Waals surface area (Å²) in [5, 5.41) is 87.8. The van der Waals surface area contributed by atoms with Crippen LogP contribution >= 0.6 is 23.5 Å². The Morgan fingerprint density at radius 1 is 0.544 bits per heavy atom. The Hall–Kier alpha value is -12.2. The van der Waals surface area contributed by atoms with E-state index in [9.17, 15) is 68.7 Å². The summed E-state index contributed by atoms with van der Waals surface area (Å²) in [6, 6.07) is 0.844. The second-order valence-corrected chi connectivity index (χ2v) is 34.0. The van der Waals surface area contributed by atoms with Crippen LogP contribution in [0.5, 0.6) is 11.5 Å². The number of benzene rings is 3. The molecule has 38 nitrogen and oxygen atoms in total. The maximum absolute atomic E-state index is 15.2. The van der Waals surface area contributed by atoms with Crippen LogP contribution in [0.15, 0.2) is 110 Å². The number of phenolic OH excluding ortho intramolecular Hbond substituents is 2. The average molecular weight is 1770 g/mol. The Morgan fingerprint density at radius 2 is 1.02 bits per heavy atom. The number of carbonyl (C=O) groups excluding carboxylic acids is 14. The minimum atomic E-state index is -1.96. The standard InChI is InChI=1S/C85H116N18O20S2/c1-10-13-21-59(91-47(6)106)74(113)100-66-43-125-41-51-19-14-18-50(33-51)40-124-42-65(71(86)111)99-83(122)69(46(5)105)101-76(115)58(17-12-3)93-77(116)61(34-48-22-26-54(107)27-23-48)95-75(114)60(30-31-67(109)110)94-73(112)57(16-11-2)92-79(118)63(36-52-38-89-72-56(52)20-15-32-88-72)97-82(121)68(45(4)104)102-80(119)64(37-53-39-87-44-90-53)96-78(117)62(35-49-24-28-55(108)29-25-49)98-84(123)70(85(7,8)9)103-81(66)120/h14-15,18-20,22-29,32-33,38-39,44-46,57-66,68-70,104-105,107-108H,10-13,16-17,21,30-31,34-37,40-43H2,1-9H3,(H2,86,111)(H,87,90)(H,88,89)(H,91,106)(H,92,118)(H,93,116)(H,94,112)(H,95,114)(H,96,117)(H,97,121)(H,98,123)(H,99,122)(H,100,113)(H,101,115)(H,102,119)(H,103,120)(H,109,110)/t45-,46-,57+,58+,59?,60+,61+,62+,63+,64+,65+,66+,68+,69+,70-/m1/s1. The number of thioether (sulfide) groups is 2. The van der Waals surface area contributed by atoms with Crippen molar-refractivity contribution in [3.8, 4) is 11.5 Å². The highest BCUT2D eigenvalue weighted by atomic mass is 32.2. The second kappa shape index (κ2) is 48.8. The summed E-state index contributed by atoms with van der Waals surface area (Å²) in [6.07, 6.45) is 0.885. The van der Waals surface area contributed by atoms with Crippen molar-refractivity contribution in [2.45, 2.75) is 248 Å². The lowest BCUT2D eigenvalue weighted by molar-refractivity contribution is -0.139. The molecule has 1 aliphatic heterocycles. The van der Waals surface area contributed by atoms with E-state index in [0.29, 0.717) is 40.6 Å². The van der Waals surface area contributed by atoms with E-state index in [0.717, 1.165) is 18.1 Å². The molecule has 0 fully saturated rings. The Balaban J connectivity index is 1.30. The predicted octanol–water partition coefficient (Wildman–Crippen LogP) is 0.418. The molecule has 0 saturated heterocycles. The van der Waals surface area contributed by atoms with E-state index >= 15 is 28.8 Å². The zero-order valence-corrected chi connectivity index (χ0v) is 72.9. The van der Waals surface area contributed by atoms with Crippen molar-refractivity contribution >= 4 is 123 Å². The molecule has 7 rings (SSSR count). The number of hydrogen-bond acceptors (Lipinski definition) is 23. The molecule has 15 atom stereocenters. The van der Waals surface area contributed by atoms with Crippen LogP contribution in [0.1, 0.15) is 154 Å². The molecule has 0 saturated carbocycles. The van der Waals surface area contributed by atoms with E-state index in [1.54, 1.807) is 65.0 Å². The van der Waals surface area contributed by atoms with Gasteiger partial charge in [-0.15, -0.1) is 0 Å². The van der Waals surface area contributed by atoms with Crippen LogP contribution in [-0.4, -0.2) is 236 Å². The Morgan fingerprint density at radius 3 is 1.50 bits per heavy atom. The third-order valence-corrected chi connectivity index (χ3v) is 22.6. The van der Waals surface area contributed by atoms with Gasteiger partial charge in [-0.25, -0.2) is 9.97 Å². The number of hydrogen-bond donors (Lipinski definition) is 21.